The summed E-state index contributed by atoms with van der Waals surface area (Å²) in [7, 11) is 2.97. The van der Waals surface area contributed by atoms with Crippen molar-refractivity contribution in [2.45, 2.75) is 0 Å². The van der Waals surface area contributed by atoms with E-state index in [1.807, 2.05) is 6.07 Å². The molecule has 2 aromatic rings. The van der Waals surface area contributed by atoms with E-state index in [1.165, 1.54) is 44.6 Å². The summed E-state index contributed by atoms with van der Waals surface area (Å²) in [6.45, 7) is 0. The molecule has 0 unspecified atom stereocenters. The fourth-order valence-electron chi connectivity index (χ4n) is 2.23. The van der Waals surface area contributed by atoms with Crippen LogP contribution in [0, 0.1) is 11.3 Å². The molecule has 8 heteroatoms. The van der Waals surface area contributed by atoms with Gasteiger partial charge >= 0.3 is 5.97 Å². The van der Waals surface area contributed by atoms with Crippen molar-refractivity contribution in [3.05, 3.63) is 57.6 Å². The number of rotatable bonds is 6. The second-order valence-electron chi connectivity index (χ2n) is 5.24. The smallest absolute Gasteiger partial charge is 0.335 e. The highest BCUT2D eigenvalue weighted by atomic mass is 79.9. The summed E-state index contributed by atoms with van der Waals surface area (Å²) in [5.41, 5.74) is 0.613. The molecule has 0 saturated heterocycles. The Labute approximate surface area is 164 Å². The summed E-state index contributed by atoms with van der Waals surface area (Å²) >= 11 is 3.35. The summed E-state index contributed by atoms with van der Waals surface area (Å²) in [6.07, 6.45) is 1.37. The van der Waals surface area contributed by atoms with Gasteiger partial charge in [-0.15, -0.1) is 0 Å². The quantitative estimate of drug-likeness (QED) is 0.533. The van der Waals surface area contributed by atoms with E-state index in [1.54, 1.807) is 12.1 Å². The Bertz CT molecular complexity index is 963. The van der Waals surface area contributed by atoms with Crippen LogP contribution in [0.2, 0.25) is 0 Å². The zero-order valence-corrected chi connectivity index (χ0v) is 16.0. The maximum Gasteiger partial charge on any atom is 0.335 e. The third-order valence-corrected chi connectivity index (χ3v) is 4.16. The Morgan fingerprint density at radius 1 is 1.19 bits per heavy atom. The lowest BCUT2D eigenvalue weighted by atomic mass is 10.1. The van der Waals surface area contributed by atoms with E-state index >= 15 is 0 Å². The topological polar surface area (TPSA) is 109 Å². The molecule has 0 heterocycles. The van der Waals surface area contributed by atoms with Gasteiger partial charge in [0, 0.05) is 17.3 Å². The van der Waals surface area contributed by atoms with Crippen LogP contribution in [-0.2, 0) is 4.79 Å². The van der Waals surface area contributed by atoms with Crippen LogP contribution < -0.4 is 14.8 Å². The number of anilines is 1. The van der Waals surface area contributed by atoms with E-state index in [9.17, 15) is 14.9 Å². The van der Waals surface area contributed by atoms with E-state index in [4.69, 9.17) is 14.6 Å². The minimum absolute atomic E-state index is 0.0241. The highest BCUT2D eigenvalue weighted by Gasteiger charge is 2.14. The third-order valence-electron chi connectivity index (χ3n) is 3.54. The summed E-state index contributed by atoms with van der Waals surface area (Å²) in [4.78, 5) is 23.4. The van der Waals surface area contributed by atoms with Gasteiger partial charge in [0.05, 0.1) is 24.3 Å². The van der Waals surface area contributed by atoms with Crippen LogP contribution in [0.25, 0.3) is 6.08 Å². The zero-order valence-electron chi connectivity index (χ0n) is 14.4. The van der Waals surface area contributed by atoms with Crippen molar-refractivity contribution < 1.29 is 24.2 Å². The average molecular weight is 431 g/mol. The Hall–Kier alpha value is -3.31. The number of nitriles is 1. The number of carbonyl (C=O) groups excluding carboxylic acids is 1. The second kappa shape index (κ2) is 8.87. The first-order valence-electron chi connectivity index (χ1n) is 7.57. The van der Waals surface area contributed by atoms with Crippen molar-refractivity contribution in [3.63, 3.8) is 0 Å². The predicted octanol–water partition coefficient (Wildman–Crippen LogP) is 3.71. The van der Waals surface area contributed by atoms with Gasteiger partial charge in [0.25, 0.3) is 5.91 Å². The highest BCUT2D eigenvalue weighted by Crippen LogP contribution is 2.34. The molecule has 0 saturated carbocycles. The Kier molecular flexibility index (Phi) is 6.57. The average Bonchev–Trinajstić information content (AvgIpc) is 2.66. The summed E-state index contributed by atoms with van der Waals surface area (Å²) in [5.74, 6) is -0.829. The van der Waals surface area contributed by atoms with E-state index in [0.29, 0.717) is 21.5 Å². The first kappa shape index (κ1) is 20.0. The van der Waals surface area contributed by atoms with Crippen LogP contribution in [-0.4, -0.2) is 31.2 Å². The van der Waals surface area contributed by atoms with E-state index in [0.717, 1.165) is 0 Å². The van der Waals surface area contributed by atoms with Gasteiger partial charge in [-0.3, -0.25) is 4.79 Å². The normalized spacial score (nSPS) is 10.7. The second-order valence-corrected chi connectivity index (χ2v) is 6.09. The molecule has 0 aliphatic rings. The molecule has 0 aliphatic carbocycles. The molecule has 2 rings (SSSR count). The fraction of sp³-hybridized carbons (Fsp3) is 0.105. The minimum atomic E-state index is -1.12. The van der Waals surface area contributed by atoms with Crippen LogP contribution in [0.15, 0.2) is 46.4 Å². The molecular weight excluding hydrogens is 416 g/mol. The van der Waals surface area contributed by atoms with E-state index < -0.39 is 11.9 Å². The number of aromatic carboxylic acids is 1. The van der Waals surface area contributed by atoms with Crippen molar-refractivity contribution in [2.75, 3.05) is 19.5 Å². The van der Waals surface area contributed by atoms with Gasteiger partial charge in [0.2, 0.25) is 0 Å². The lowest BCUT2D eigenvalue weighted by molar-refractivity contribution is -0.112. The molecule has 138 valence electrons. The number of hydrogen-bond acceptors (Lipinski definition) is 5. The number of carboxylic acid groups (broad SMARTS) is 1. The summed E-state index contributed by atoms with van der Waals surface area (Å²) in [6, 6.07) is 10.9. The summed E-state index contributed by atoms with van der Waals surface area (Å²) in [5, 5.41) is 20.9. The van der Waals surface area contributed by atoms with Gasteiger partial charge in [-0.05, 0) is 46.3 Å². The Balaban J connectivity index is 2.35. The summed E-state index contributed by atoms with van der Waals surface area (Å²) < 4.78 is 11.1. The largest absolute Gasteiger partial charge is 0.496 e. The molecule has 0 aromatic heterocycles. The molecular formula is C19H15BrN2O5. The number of hydrogen-bond donors (Lipinski definition) is 2. The molecule has 2 N–H and O–H groups in total. The number of benzene rings is 2. The number of nitrogens with zero attached hydrogens (tertiary/aromatic N) is 1. The van der Waals surface area contributed by atoms with Crippen LogP contribution >= 0.6 is 15.9 Å². The number of amides is 1. The van der Waals surface area contributed by atoms with Gasteiger partial charge in [-0.25, -0.2) is 4.79 Å². The predicted molar refractivity (Wildman–Crippen MR) is 103 cm³/mol. The van der Waals surface area contributed by atoms with Crippen molar-refractivity contribution >= 4 is 39.6 Å². The van der Waals surface area contributed by atoms with Crippen LogP contribution in [0.4, 0.5) is 5.69 Å². The van der Waals surface area contributed by atoms with Gasteiger partial charge in [-0.1, -0.05) is 6.07 Å². The van der Waals surface area contributed by atoms with Crippen LogP contribution in [0.1, 0.15) is 15.9 Å². The standard InChI is InChI=1S/C19H15BrN2O5/c1-26-16-9-17(27-2)15(20)8-12(16)6-13(10-21)18(23)22-14-5-3-4-11(7-14)19(24)25/h3-9H,1-2H3,(H,22,23)(H,24,25)/b13-6-. The Morgan fingerprint density at radius 2 is 1.89 bits per heavy atom. The van der Waals surface area contributed by atoms with Gasteiger partial charge < -0.3 is 19.9 Å². The fourth-order valence-corrected chi connectivity index (χ4v) is 2.75. The molecule has 0 radical (unpaired) electrons. The monoisotopic (exact) mass is 430 g/mol. The van der Waals surface area contributed by atoms with Gasteiger partial charge in [0.15, 0.2) is 0 Å². The van der Waals surface area contributed by atoms with Gasteiger partial charge in [0.1, 0.15) is 23.1 Å². The van der Waals surface area contributed by atoms with E-state index in [2.05, 4.69) is 21.2 Å². The number of nitrogens with one attached hydrogen (secondary N) is 1. The zero-order chi connectivity index (χ0) is 20.0. The Morgan fingerprint density at radius 3 is 2.48 bits per heavy atom. The number of halogens is 1. The maximum absolute atomic E-state index is 12.4. The van der Waals surface area contributed by atoms with Crippen molar-refractivity contribution in [3.8, 4) is 17.6 Å². The molecule has 0 bridgehead atoms. The minimum Gasteiger partial charge on any atom is -0.496 e. The molecule has 2 aromatic carbocycles. The number of carboxylic acids is 1. The SMILES string of the molecule is COc1cc(OC)c(/C=C(/C#N)C(=O)Nc2cccc(C(=O)O)c2)cc1Br. The van der Waals surface area contributed by atoms with Gasteiger partial charge in [-0.2, -0.15) is 5.26 Å². The third kappa shape index (κ3) is 4.86. The van der Waals surface area contributed by atoms with Crippen LogP contribution in [0.5, 0.6) is 11.5 Å². The molecule has 0 aliphatic heterocycles. The molecule has 0 atom stereocenters. The van der Waals surface area contributed by atoms with Crippen molar-refractivity contribution in [2.24, 2.45) is 0 Å². The lowest BCUT2D eigenvalue weighted by Gasteiger charge is -2.10. The highest BCUT2D eigenvalue weighted by molar-refractivity contribution is 9.10. The van der Waals surface area contributed by atoms with E-state index in [-0.39, 0.29) is 16.8 Å². The first-order valence-corrected chi connectivity index (χ1v) is 8.37. The first-order chi connectivity index (χ1) is 12.9. The number of methoxy groups -OCH3 is 2. The number of carbonyl (C=O) groups is 2. The molecule has 0 spiro atoms. The van der Waals surface area contributed by atoms with Crippen molar-refractivity contribution in [1.29, 1.82) is 5.26 Å². The molecule has 1 amide bonds. The number of ether oxygens (including phenoxy) is 2. The molecule has 27 heavy (non-hydrogen) atoms. The molecule has 7 nitrogen and oxygen atoms in total. The van der Waals surface area contributed by atoms with Crippen LogP contribution in [0.3, 0.4) is 0 Å². The molecule has 0 fully saturated rings. The maximum atomic E-state index is 12.4. The lowest BCUT2D eigenvalue weighted by Crippen LogP contribution is -2.14. The van der Waals surface area contributed by atoms with Crippen molar-refractivity contribution in [1.82, 2.24) is 0 Å².